The van der Waals surface area contributed by atoms with E-state index in [2.05, 4.69) is 31.9 Å². The SMILES string of the molecule is CCc1noc(C2CCC(NC[C@@H]3CCO[C@H]3c3nccn3C)CC2)n1. The first-order valence-electron chi connectivity index (χ1n) is 9.89. The zero-order chi connectivity index (χ0) is 17.9. The number of hydrogen-bond donors (Lipinski definition) is 1. The number of aromatic nitrogens is 4. The molecule has 1 saturated carbocycles. The Morgan fingerprint density at radius 2 is 2.08 bits per heavy atom. The summed E-state index contributed by atoms with van der Waals surface area (Å²) in [6, 6.07) is 0.572. The average Bonchev–Trinajstić information content (AvgIpc) is 3.40. The smallest absolute Gasteiger partial charge is 0.229 e. The van der Waals surface area contributed by atoms with E-state index in [1.807, 2.05) is 19.4 Å². The molecule has 0 radical (unpaired) electrons. The molecule has 0 amide bonds. The molecule has 1 aliphatic heterocycles. The highest BCUT2D eigenvalue weighted by Crippen LogP contribution is 2.35. The first kappa shape index (κ1) is 17.7. The Labute approximate surface area is 154 Å². The van der Waals surface area contributed by atoms with Crippen LogP contribution in [0.25, 0.3) is 0 Å². The summed E-state index contributed by atoms with van der Waals surface area (Å²) in [6.07, 6.45) is 10.5. The number of hydrogen-bond acceptors (Lipinski definition) is 6. The van der Waals surface area contributed by atoms with Crippen LogP contribution in [0.15, 0.2) is 16.9 Å². The molecule has 0 unspecified atom stereocenters. The van der Waals surface area contributed by atoms with Gasteiger partial charge in [0.05, 0.1) is 0 Å². The number of nitrogens with zero attached hydrogens (tertiary/aromatic N) is 4. The molecule has 0 aromatic carbocycles. The Morgan fingerprint density at radius 3 is 2.77 bits per heavy atom. The van der Waals surface area contributed by atoms with Gasteiger partial charge in [0.2, 0.25) is 5.89 Å². The van der Waals surface area contributed by atoms with E-state index in [4.69, 9.17) is 9.26 Å². The molecular formula is C19H29N5O2. The molecule has 2 aromatic heterocycles. The van der Waals surface area contributed by atoms with Gasteiger partial charge in [0.1, 0.15) is 11.9 Å². The lowest BCUT2D eigenvalue weighted by Crippen LogP contribution is -2.37. The topological polar surface area (TPSA) is 78.0 Å². The molecule has 7 nitrogen and oxygen atoms in total. The van der Waals surface area contributed by atoms with E-state index in [0.29, 0.717) is 17.9 Å². The molecule has 4 rings (SSSR count). The van der Waals surface area contributed by atoms with Gasteiger partial charge in [-0.3, -0.25) is 0 Å². The standard InChI is InChI=1S/C19H29N5O2/c1-3-16-22-19(26-23-16)13-4-6-15(7-5-13)21-12-14-8-11-25-17(14)18-20-9-10-24(18)2/h9-10,13-15,17,21H,3-8,11-12H2,1-2H3/t13?,14-,15?,17+/m0/s1. The van der Waals surface area contributed by atoms with Crippen molar-refractivity contribution in [1.82, 2.24) is 25.0 Å². The Kier molecular flexibility index (Phi) is 5.36. The van der Waals surface area contributed by atoms with E-state index in [1.165, 1.54) is 0 Å². The minimum atomic E-state index is 0.115. The van der Waals surface area contributed by atoms with Gasteiger partial charge in [-0.15, -0.1) is 0 Å². The third-order valence-electron chi connectivity index (χ3n) is 5.87. The highest BCUT2D eigenvalue weighted by atomic mass is 16.5. The molecule has 2 atom stereocenters. The molecule has 1 aliphatic carbocycles. The van der Waals surface area contributed by atoms with Crippen LogP contribution < -0.4 is 5.32 Å². The quantitative estimate of drug-likeness (QED) is 0.854. The van der Waals surface area contributed by atoms with Crippen LogP contribution in [0.3, 0.4) is 0 Å². The Morgan fingerprint density at radius 1 is 1.23 bits per heavy atom. The van der Waals surface area contributed by atoms with Gasteiger partial charge in [-0.05, 0) is 32.1 Å². The summed E-state index contributed by atoms with van der Waals surface area (Å²) in [5.74, 6) is 3.62. The molecule has 0 spiro atoms. The molecule has 1 saturated heterocycles. The minimum Gasteiger partial charge on any atom is -0.370 e. The van der Waals surface area contributed by atoms with Crippen molar-refractivity contribution in [2.24, 2.45) is 13.0 Å². The highest BCUT2D eigenvalue weighted by molar-refractivity contribution is 5.01. The van der Waals surface area contributed by atoms with Crippen LogP contribution in [0.1, 0.15) is 68.6 Å². The number of aryl methyl sites for hydroxylation is 2. The van der Waals surface area contributed by atoms with Crippen molar-refractivity contribution in [2.45, 2.75) is 63.5 Å². The third kappa shape index (κ3) is 3.69. The lowest BCUT2D eigenvalue weighted by Gasteiger charge is -2.29. The second-order valence-corrected chi connectivity index (χ2v) is 7.60. The van der Waals surface area contributed by atoms with Gasteiger partial charge < -0.3 is 19.1 Å². The fourth-order valence-electron chi connectivity index (χ4n) is 4.22. The summed E-state index contributed by atoms with van der Waals surface area (Å²) in [6.45, 7) is 3.88. The maximum atomic E-state index is 5.97. The summed E-state index contributed by atoms with van der Waals surface area (Å²) in [4.78, 5) is 8.99. The molecular weight excluding hydrogens is 330 g/mol. The van der Waals surface area contributed by atoms with Crippen molar-refractivity contribution in [1.29, 1.82) is 0 Å². The Bertz CT molecular complexity index is 704. The summed E-state index contributed by atoms with van der Waals surface area (Å²) in [5, 5.41) is 7.81. The van der Waals surface area contributed by atoms with E-state index in [0.717, 1.165) is 69.2 Å². The maximum absolute atomic E-state index is 5.97. The van der Waals surface area contributed by atoms with Gasteiger partial charge in [-0.2, -0.15) is 4.98 Å². The molecule has 7 heteroatoms. The number of imidazole rings is 1. The van der Waals surface area contributed by atoms with Crippen LogP contribution in [0, 0.1) is 5.92 Å². The summed E-state index contributed by atoms with van der Waals surface area (Å²) >= 11 is 0. The van der Waals surface area contributed by atoms with E-state index in [-0.39, 0.29) is 6.10 Å². The molecule has 1 N–H and O–H groups in total. The van der Waals surface area contributed by atoms with Gasteiger partial charge in [-0.25, -0.2) is 4.98 Å². The third-order valence-corrected chi connectivity index (χ3v) is 5.87. The van der Waals surface area contributed by atoms with Crippen LogP contribution in [0.4, 0.5) is 0 Å². The normalized spacial score (nSPS) is 29.3. The number of nitrogens with one attached hydrogen (secondary N) is 1. The van der Waals surface area contributed by atoms with E-state index in [1.54, 1.807) is 0 Å². The summed E-state index contributed by atoms with van der Waals surface area (Å²) < 4.78 is 13.5. The number of ether oxygens (including phenoxy) is 1. The Hall–Kier alpha value is -1.73. The zero-order valence-corrected chi connectivity index (χ0v) is 15.7. The second kappa shape index (κ2) is 7.88. The van der Waals surface area contributed by atoms with Crippen molar-refractivity contribution < 1.29 is 9.26 Å². The van der Waals surface area contributed by atoms with E-state index >= 15 is 0 Å². The van der Waals surface area contributed by atoms with Gasteiger partial charge in [-0.1, -0.05) is 12.1 Å². The minimum absolute atomic E-state index is 0.115. The van der Waals surface area contributed by atoms with Gasteiger partial charge >= 0.3 is 0 Å². The summed E-state index contributed by atoms with van der Waals surface area (Å²) in [7, 11) is 2.04. The number of rotatable bonds is 6. The van der Waals surface area contributed by atoms with Gasteiger partial charge in [0.25, 0.3) is 0 Å². The van der Waals surface area contributed by atoms with Crippen LogP contribution in [-0.4, -0.2) is 38.9 Å². The van der Waals surface area contributed by atoms with Crippen LogP contribution in [0.2, 0.25) is 0 Å². The molecule has 2 aromatic rings. The predicted octanol–water partition coefficient (Wildman–Crippen LogP) is 2.76. The zero-order valence-electron chi connectivity index (χ0n) is 15.7. The van der Waals surface area contributed by atoms with Crippen molar-refractivity contribution in [3.05, 3.63) is 29.9 Å². The predicted molar refractivity (Wildman–Crippen MR) is 96.7 cm³/mol. The maximum Gasteiger partial charge on any atom is 0.229 e. The van der Waals surface area contributed by atoms with E-state index in [9.17, 15) is 0 Å². The van der Waals surface area contributed by atoms with Crippen molar-refractivity contribution in [2.75, 3.05) is 13.2 Å². The van der Waals surface area contributed by atoms with Crippen LogP contribution >= 0.6 is 0 Å². The lowest BCUT2D eigenvalue weighted by molar-refractivity contribution is 0.0799. The Balaban J connectivity index is 1.26. The summed E-state index contributed by atoms with van der Waals surface area (Å²) in [5.41, 5.74) is 0. The molecule has 2 fully saturated rings. The largest absolute Gasteiger partial charge is 0.370 e. The first-order chi connectivity index (χ1) is 12.7. The fraction of sp³-hybridized carbons (Fsp3) is 0.737. The molecule has 2 aliphatic rings. The van der Waals surface area contributed by atoms with Crippen molar-refractivity contribution >= 4 is 0 Å². The highest BCUT2D eigenvalue weighted by Gasteiger charge is 2.33. The lowest BCUT2D eigenvalue weighted by atomic mass is 9.85. The van der Waals surface area contributed by atoms with Crippen molar-refractivity contribution in [3.8, 4) is 0 Å². The van der Waals surface area contributed by atoms with Gasteiger partial charge in [0.15, 0.2) is 5.82 Å². The first-order valence-corrected chi connectivity index (χ1v) is 9.89. The van der Waals surface area contributed by atoms with Crippen LogP contribution in [-0.2, 0) is 18.2 Å². The molecule has 0 bridgehead atoms. The molecule has 142 valence electrons. The monoisotopic (exact) mass is 359 g/mol. The fourth-order valence-corrected chi connectivity index (χ4v) is 4.22. The average molecular weight is 359 g/mol. The molecule has 3 heterocycles. The van der Waals surface area contributed by atoms with E-state index < -0.39 is 0 Å². The van der Waals surface area contributed by atoms with Crippen molar-refractivity contribution in [3.63, 3.8) is 0 Å². The molecule has 26 heavy (non-hydrogen) atoms. The van der Waals surface area contributed by atoms with Gasteiger partial charge in [0, 0.05) is 56.9 Å². The van der Waals surface area contributed by atoms with Crippen LogP contribution in [0.5, 0.6) is 0 Å². The second-order valence-electron chi connectivity index (χ2n) is 7.60.